The monoisotopic (exact) mass is 460 g/mol. The van der Waals surface area contributed by atoms with Gasteiger partial charge < -0.3 is 24.4 Å². The lowest BCUT2D eigenvalue weighted by Gasteiger charge is -2.29. The summed E-state index contributed by atoms with van der Waals surface area (Å²) in [6.07, 6.45) is -0.317. The third-order valence-electron chi connectivity index (χ3n) is 4.82. The van der Waals surface area contributed by atoms with Crippen LogP contribution >= 0.6 is 11.3 Å². The number of carbonyl (C=O) groups excluding carboxylic acids is 3. The van der Waals surface area contributed by atoms with Gasteiger partial charge in [-0.05, 0) is 30.7 Å². The van der Waals surface area contributed by atoms with Crippen LogP contribution in [0, 0.1) is 12.3 Å². The summed E-state index contributed by atoms with van der Waals surface area (Å²) >= 11 is 1.13. The van der Waals surface area contributed by atoms with Crippen LogP contribution in [0.2, 0.25) is 0 Å². The zero-order valence-corrected chi connectivity index (χ0v) is 19.7. The number of carbonyl (C=O) groups is 3. The zero-order valence-electron chi connectivity index (χ0n) is 18.9. The van der Waals surface area contributed by atoms with Crippen molar-refractivity contribution in [3.8, 4) is 11.5 Å². The molecule has 0 bridgehead atoms. The van der Waals surface area contributed by atoms with E-state index >= 15 is 0 Å². The van der Waals surface area contributed by atoms with Crippen molar-refractivity contribution in [2.45, 2.75) is 33.8 Å². The van der Waals surface area contributed by atoms with Gasteiger partial charge in [0.1, 0.15) is 11.5 Å². The molecule has 172 valence electrons. The summed E-state index contributed by atoms with van der Waals surface area (Å²) in [4.78, 5) is 38.9. The Bertz CT molecular complexity index is 1010. The van der Waals surface area contributed by atoms with Crippen LogP contribution < -0.4 is 14.8 Å². The first-order valence-electron chi connectivity index (χ1n) is 10.3. The van der Waals surface area contributed by atoms with E-state index in [0.29, 0.717) is 40.1 Å². The van der Waals surface area contributed by atoms with Crippen molar-refractivity contribution in [1.82, 2.24) is 4.90 Å². The van der Waals surface area contributed by atoms with Gasteiger partial charge in [0.15, 0.2) is 24.2 Å². The number of para-hydroxylation sites is 2. The van der Waals surface area contributed by atoms with E-state index in [4.69, 9.17) is 14.2 Å². The predicted molar refractivity (Wildman–Crippen MR) is 121 cm³/mol. The Labute approximate surface area is 191 Å². The topological polar surface area (TPSA) is 94.2 Å². The predicted octanol–water partition coefficient (Wildman–Crippen LogP) is 3.50. The van der Waals surface area contributed by atoms with Gasteiger partial charge in [-0.25, -0.2) is 4.79 Å². The van der Waals surface area contributed by atoms with Crippen LogP contribution in [0.3, 0.4) is 0 Å². The molecule has 0 unspecified atom stereocenters. The second-order valence-electron chi connectivity index (χ2n) is 8.67. The van der Waals surface area contributed by atoms with E-state index in [1.165, 1.54) is 4.90 Å². The Hall–Kier alpha value is -3.07. The molecule has 0 saturated carbocycles. The first-order valence-corrected chi connectivity index (χ1v) is 11.1. The molecule has 0 spiro atoms. The molecule has 32 heavy (non-hydrogen) atoms. The minimum Gasteiger partial charge on any atom is -0.486 e. The van der Waals surface area contributed by atoms with Crippen LogP contribution in [-0.2, 0) is 14.3 Å². The zero-order chi connectivity index (χ0) is 23.5. The molecule has 2 aromatic rings. The van der Waals surface area contributed by atoms with Gasteiger partial charge in [0, 0.05) is 12.5 Å². The Morgan fingerprint density at radius 3 is 2.59 bits per heavy atom. The molecule has 0 fully saturated rings. The van der Waals surface area contributed by atoms with Crippen LogP contribution in [-0.4, -0.2) is 55.6 Å². The van der Waals surface area contributed by atoms with Crippen LogP contribution in [0.15, 0.2) is 30.3 Å². The average molecular weight is 461 g/mol. The van der Waals surface area contributed by atoms with Gasteiger partial charge in [0.25, 0.3) is 5.91 Å². The molecule has 8 nitrogen and oxygen atoms in total. The first-order chi connectivity index (χ1) is 15.0. The number of hydrogen-bond acceptors (Lipinski definition) is 7. The van der Waals surface area contributed by atoms with E-state index in [2.05, 4.69) is 5.32 Å². The van der Waals surface area contributed by atoms with Crippen LogP contribution in [0.1, 0.15) is 36.0 Å². The van der Waals surface area contributed by atoms with Gasteiger partial charge in [-0.3, -0.25) is 9.59 Å². The molecular formula is C23H28N2O6S. The summed E-state index contributed by atoms with van der Waals surface area (Å²) in [6.45, 7) is 7.42. The van der Waals surface area contributed by atoms with Crippen LogP contribution in [0.4, 0.5) is 5.00 Å². The summed E-state index contributed by atoms with van der Waals surface area (Å²) in [7, 11) is 1.62. The fourth-order valence-corrected chi connectivity index (χ4v) is 3.87. The molecule has 3 rings (SSSR count). The van der Waals surface area contributed by atoms with Crippen molar-refractivity contribution in [2.75, 3.05) is 32.1 Å². The summed E-state index contributed by atoms with van der Waals surface area (Å²) < 4.78 is 16.7. The third-order valence-corrected chi connectivity index (χ3v) is 5.95. The van der Waals surface area contributed by atoms with Gasteiger partial charge in [-0.1, -0.05) is 32.9 Å². The fraction of sp³-hybridized carbons (Fsp3) is 0.435. The number of nitrogens with zero attached hydrogens (tertiary/aromatic N) is 1. The summed E-state index contributed by atoms with van der Waals surface area (Å²) in [6, 6.07) is 9.07. The highest BCUT2D eigenvalue weighted by Gasteiger charge is 2.26. The molecule has 1 aliphatic rings. The number of likely N-dealkylation sites (N-methyl/N-ethyl adjacent to an activating group) is 1. The molecule has 1 aromatic carbocycles. The maximum Gasteiger partial charge on any atom is 0.349 e. The van der Waals surface area contributed by atoms with E-state index in [9.17, 15) is 14.4 Å². The Morgan fingerprint density at radius 1 is 1.22 bits per heavy atom. The number of ether oxygens (including phenoxy) is 3. The van der Waals surface area contributed by atoms with Gasteiger partial charge in [0.2, 0.25) is 5.91 Å². The highest BCUT2D eigenvalue weighted by Crippen LogP contribution is 2.31. The maximum absolute atomic E-state index is 12.5. The summed E-state index contributed by atoms with van der Waals surface area (Å²) in [5, 5.41) is 3.37. The van der Waals surface area contributed by atoms with Crippen LogP contribution in [0.25, 0.3) is 0 Å². The van der Waals surface area contributed by atoms with Crippen molar-refractivity contribution >= 4 is 34.1 Å². The second-order valence-corrected chi connectivity index (χ2v) is 9.73. The number of hydrogen-bond donors (Lipinski definition) is 1. The third kappa shape index (κ3) is 5.79. The van der Waals surface area contributed by atoms with E-state index in [1.54, 1.807) is 20.0 Å². The minimum absolute atomic E-state index is 0.146. The quantitative estimate of drug-likeness (QED) is 0.663. The van der Waals surface area contributed by atoms with Crippen LogP contribution in [0.5, 0.6) is 11.5 Å². The molecule has 1 N–H and O–H groups in total. The van der Waals surface area contributed by atoms with E-state index < -0.39 is 11.4 Å². The average Bonchev–Trinajstić information content (AvgIpc) is 3.11. The molecule has 2 amide bonds. The number of nitrogens with one attached hydrogen (secondary N) is 1. The number of aryl methyl sites for hydroxylation is 1. The number of anilines is 1. The number of benzene rings is 1. The maximum atomic E-state index is 12.5. The highest BCUT2D eigenvalue weighted by molar-refractivity contribution is 7.18. The standard InChI is InChI=1S/C23H28N2O6S/c1-14-10-18(24-22(28)23(2,3)4)32-20(14)21(27)30-13-19(26)25(5)11-15-12-29-16-8-6-7-9-17(16)31-15/h6-10,15H,11-13H2,1-5H3,(H,24,28)/t15-/m1/s1. The fourth-order valence-electron chi connectivity index (χ4n) is 2.91. The molecule has 1 aliphatic heterocycles. The number of amides is 2. The lowest BCUT2D eigenvalue weighted by molar-refractivity contribution is -0.134. The Morgan fingerprint density at radius 2 is 1.91 bits per heavy atom. The molecule has 1 aromatic heterocycles. The molecule has 0 aliphatic carbocycles. The van der Waals surface area contributed by atoms with Gasteiger partial charge >= 0.3 is 5.97 Å². The number of thiophene rings is 1. The SMILES string of the molecule is Cc1cc(NC(=O)C(C)(C)C)sc1C(=O)OCC(=O)N(C)C[C@@H]1COc2ccccc2O1. The van der Waals surface area contributed by atoms with Gasteiger partial charge in [-0.15, -0.1) is 11.3 Å². The molecule has 1 atom stereocenters. The normalized spacial score (nSPS) is 15.1. The van der Waals surface area contributed by atoms with E-state index in [0.717, 1.165) is 11.3 Å². The smallest absolute Gasteiger partial charge is 0.349 e. The largest absolute Gasteiger partial charge is 0.486 e. The van der Waals surface area contributed by atoms with Crippen molar-refractivity contribution in [1.29, 1.82) is 0 Å². The number of fused-ring (bicyclic) bond motifs is 1. The lowest BCUT2D eigenvalue weighted by Crippen LogP contribution is -2.43. The van der Waals surface area contributed by atoms with Crippen molar-refractivity contribution in [3.05, 3.63) is 40.8 Å². The summed E-state index contributed by atoms with van der Waals surface area (Å²) in [5.41, 5.74) is 0.126. The molecule has 0 radical (unpaired) electrons. The first kappa shape index (κ1) is 23.6. The summed E-state index contributed by atoms with van der Waals surface area (Å²) in [5.74, 6) is 0.217. The van der Waals surface area contributed by atoms with Crippen molar-refractivity contribution in [2.24, 2.45) is 5.41 Å². The van der Waals surface area contributed by atoms with E-state index in [-0.39, 0.29) is 24.5 Å². The molecule has 0 saturated heterocycles. The molecule has 9 heteroatoms. The number of esters is 1. The second kappa shape index (κ2) is 9.60. The Balaban J connectivity index is 1.50. The van der Waals surface area contributed by atoms with Gasteiger partial charge in [-0.2, -0.15) is 0 Å². The van der Waals surface area contributed by atoms with Gasteiger partial charge in [0.05, 0.1) is 11.5 Å². The number of rotatable bonds is 6. The molecular weight excluding hydrogens is 432 g/mol. The highest BCUT2D eigenvalue weighted by atomic mass is 32.1. The lowest BCUT2D eigenvalue weighted by atomic mass is 9.96. The molecule has 2 heterocycles. The Kier molecular flexibility index (Phi) is 7.08. The van der Waals surface area contributed by atoms with Crippen molar-refractivity contribution < 1.29 is 28.6 Å². The van der Waals surface area contributed by atoms with Crippen molar-refractivity contribution in [3.63, 3.8) is 0 Å². The minimum atomic E-state index is -0.600. The van der Waals surface area contributed by atoms with E-state index in [1.807, 2.05) is 45.0 Å².